The number of ether oxygens (including phenoxy) is 2. The van der Waals surface area contributed by atoms with Crippen LogP contribution in [0.15, 0.2) is 36.5 Å². The van der Waals surface area contributed by atoms with E-state index in [1.165, 1.54) is 19.2 Å². The van der Waals surface area contributed by atoms with Crippen molar-refractivity contribution in [2.24, 2.45) is 0 Å². The molecule has 2 rings (SSSR count). The van der Waals surface area contributed by atoms with Crippen molar-refractivity contribution >= 4 is 11.8 Å². The van der Waals surface area contributed by atoms with Crippen LogP contribution in [0.25, 0.3) is 11.1 Å². The Balaban J connectivity index is 2.38. The number of carbonyl (C=O) groups excluding carboxylic acids is 1. The lowest BCUT2D eigenvalue weighted by molar-refractivity contribution is -0.390. The fourth-order valence-corrected chi connectivity index (χ4v) is 2.14. The summed E-state index contributed by atoms with van der Waals surface area (Å²) in [7, 11) is 0. The molecule has 0 aliphatic heterocycles. The van der Waals surface area contributed by atoms with Crippen LogP contribution >= 0.6 is 0 Å². The van der Waals surface area contributed by atoms with Crippen molar-refractivity contribution in [1.29, 1.82) is 0 Å². The van der Waals surface area contributed by atoms with E-state index in [1.54, 1.807) is 6.92 Å². The van der Waals surface area contributed by atoms with Crippen LogP contribution in [0.1, 0.15) is 19.4 Å². The Morgan fingerprint density at radius 2 is 2.08 bits per heavy atom. The Bertz CT molecular complexity index is 760. The van der Waals surface area contributed by atoms with Crippen molar-refractivity contribution in [2.45, 2.75) is 26.9 Å². The van der Waals surface area contributed by atoms with Crippen molar-refractivity contribution in [1.82, 2.24) is 4.98 Å². The summed E-state index contributed by atoms with van der Waals surface area (Å²) in [5.74, 6) is -1.10. The van der Waals surface area contributed by atoms with Gasteiger partial charge in [0.15, 0.2) is 6.10 Å². The van der Waals surface area contributed by atoms with Crippen molar-refractivity contribution in [3.63, 3.8) is 0 Å². The maximum atomic E-state index is 11.7. The Hall–Kier alpha value is -2.96. The van der Waals surface area contributed by atoms with E-state index < -0.39 is 22.8 Å². The summed E-state index contributed by atoms with van der Waals surface area (Å²) >= 11 is 0. The molecule has 7 nitrogen and oxygen atoms in total. The van der Waals surface area contributed by atoms with Gasteiger partial charge in [-0.05, 0) is 36.2 Å². The summed E-state index contributed by atoms with van der Waals surface area (Å²) in [5, 5.41) is 11.1. The summed E-state index contributed by atoms with van der Waals surface area (Å²) in [6.07, 6.45) is 0.438. The molecule has 7 heteroatoms. The summed E-state index contributed by atoms with van der Waals surface area (Å²) in [5.41, 5.74) is 2.56. The molecular formula is C17H18N2O5. The maximum absolute atomic E-state index is 11.7. The van der Waals surface area contributed by atoms with Crippen LogP contribution in [0.3, 0.4) is 0 Å². The number of nitrogens with zero attached hydrogens (tertiary/aromatic N) is 2. The number of nitro groups is 1. The minimum atomic E-state index is -0.974. The molecule has 0 aliphatic rings. The number of pyridine rings is 1. The molecule has 1 aromatic heterocycles. The Morgan fingerprint density at radius 1 is 1.33 bits per heavy atom. The van der Waals surface area contributed by atoms with Gasteiger partial charge in [0.05, 0.1) is 6.61 Å². The van der Waals surface area contributed by atoms with Crippen LogP contribution in [-0.2, 0) is 9.53 Å². The van der Waals surface area contributed by atoms with Gasteiger partial charge in [-0.2, -0.15) is 0 Å². The predicted molar refractivity (Wildman–Crippen MR) is 87.8 cm³/mol. The van der Waals surface area contributed by atoms with Gasteiger partial charge in [0, 0.05) is 11.6 Å². The van der Waals surface area contributed by atoms with Crippen molar-refractivity contribution < 1.29 is 19.2 Å². The number of hydrogen-bond donors (Lipinski definition) is 0. The molecular weight excluding hydrogens is 312 g/mol. The predicted octanol–water partition coefficient (Wildman–Crippen LogP) is 3.30. The molecule has 1 heterocycles. The lowest BCUT2D eigenvalue weighted by Gasteiger charge is -2.13. The quantitative estimate of drug-likeness (QED) is 0.458. The van der Waals surface area contributed by atoms with E-state index in [9.17, 15) is 14.9 Å². The monoisotopic (exact) mass is 330 g/mol. The first-order valence-corrected chi connectivity index (χ1v) is 7.47. The molecule has 0 saturated carbocycles. The standard InChI is InChI=1S/C17H18N2O5/c1-4-23-17(20)12(3)24-15-9-14(10-18-16(15)19(21)22)13-7-5-6-11(2)8-13/h5-10,12H,4H2,1-3H3. The number of aromatic nitrogens is 1. The van der Waals surface area contributed by atoms with E-state index in [-0.39, 0.29) is 12.4 Å². The number of aryl methyl sites for hydroxylation is 1. The van der Waals surface area contributed by atoms with E-state index in [4.69, 9.17) is 9.47 Å². The van der Waals surface area contributed by atoms with Crippen LogP contribution in [0, 0.1) is 17.0 Å². The summed E-state index contributed by atoms with van der Waals surface area (Å²) in [6.45, 7) is 5.30. The van der Waals surface area contributed by atoms with Crippen molar-refractivity contribution in [3.05, 3.63) is 52.2 Å². The van der Waals surface area contributed by atoms with Gasteiger partial charge < -0.3 is 19.6 Å². The molecule has 0 spiro atoms. The maximum Gasteiger partial charge on any atom is 0.406 e. The average molecular weight is 330 g/mol. The van der Waals surface area contributed by atoms with E-state index in [0.717, 1.165) is 11.1 Å². The Labute approximate surface area is 139 Å². The smallest absolute Gasteiger partial charge is 0.406 e. The highest BCUT2D eigenvalue weighted by Crippen LogP contribution is 2.31. The fraction of sp³-hybridized carbons (Fsp3) is 0.294. The van der Waals surface area contributed by atoms with Crippen LogP contribution in [-0.4, -0.2) is 28.6 Å². The second-order valence-corrected chi connectivity index (χ2v) is 5.18. The van der Waals surface area contributed by atoms with Crippen LogP contribution in [0.4, 0.5) is 5.82 Å². The second kappa shape index (κ2) is 7.54. The van der Waals surface area contributed by atoms with Crippen LogP contribution in [0.5, 0.6) is 5.75 Å². The number of rotatable bonds is 6. The van der Waals surface area contributed by atoms with Gasteiger partial charge in [0.25, 0.3) is 0 Å². The first kappa shape index (κ1) is 17.4. The minimum Gasteiger partial charge on any atom is -0.471 e. The summed E-state index contributed by atoms with van der Waals surface area (Å²) < 4.78 is 10.3. The molecule has 1 unspecified atom stereocenters. The molecule has 1 atom stereocenters. The highest BCUT2D eigenvalue weighted by molar-refractivity contribution is 5.75. The molecule has 2 aromatic rings. The number of carbonyl (C=O) groups is 1. The Morgan fingerprint density at radius 3 is 2.71 bits per heavy atom. The second-order valence-electron chi connectivity index (χ2n) is 5.18. The normalized spacial score (nSPS) is 11.6. The number of benzene rings is 1. The molecule has 0 N–H and O–H groups in total. The first-order valence-electron chi connectivity index (χ1n) is 7.47. The Kier molecular flexibility index (Phi) is 5.47. The lowest BCUT2D eigenvalue weighted by Crippen LogP contribution is -2.26. The third-order valence-corrected chi connectivity index (χ3v) is 3.28. The van der Waals surface area contributed by atoms with Gasteiger partial charge in [-0.1, -0.05) is 29.8 Å². The molecule has 0 saturated heterocycles. The largest absolute Gasteiger partial charge is 0.471 e. The zero-order valence-corrected chi connectivity index (χ0v) is 13.7. The van der Waals surface area contributed by atoms with Gasteiger partial charge in [-0.15, -0.1) is 0 Å². The highest BCUT2D eigenvalue weighted by atomic mass is 16.6. The van der Waals surface area contributed by atoms with Crippen molar-refractivity contribution in [2.75, 3.05) is 6.61 Å². The lowest BCUT2D eigenvalue weighted by atomic mass is 10.1. The molecule has 0 amide bonds. The molecule has 24 heavy (non-hydrogen) atoms. The summed E-state index contributed by atoms with van der Waals surface area (Å²) in [4.78, 5) is 26.1. The van der Waals surface area contributed by atoms with Gasteiger partial charge in [0.1, 0.15) is 6.20 Å². The molecule has 0 radical (unpaired) electrons. The van der Waals surface area contributed by atoms with E-state index in [0.29, 0.717) is 5.56 Å². The number of esters is 1. The van der Waals surface area contributed by atoms with Gasteiger partial charge >= 0.3 is 11.8 Å². The topological polar surface area (TPSA) is 91.6 Å². The zero-order chi connectivity index (χ0) is 17.7. The molecule has 1 aromatic carbocycles. The fourth-order valence-electron chi connectivity index (χ4n) is 2.14. The van der Waals surface area contributed by atoms with E-state index in [2.05, 4.69) is 4.98 Å². The average Bonchev–Trinajstić information content (AvgIpc) is 2.54. The number of hydrogen-bond acceptors (Lipinski definition) is 6. The highest BCUT2D eigenvalue weighted by Gasteiger charge is 2.24. The molecule has 0 bridgehead atoms. The molecule has 0 fully saturated rings. The van der Waals surface area contributed by atoms with Gasteiger partial charge in [-0.3, -0.25) is 0 Å². The minimum absolute atomic E-state index is 0.0699. The van der Waals surface area contributed by atoms with E-state index >= 15 is 0 Å². The summed E-state index contributed by atoms with van der Waals surface area (Å²) in [6, 6.07) is 9.14. The van der Waals surface area contributed by atoms with Crippen LogP contribution < -0.4 is 4.74 Å². The van der Waals surface area contributed by atoms with Crippen LogP contribution in [0.2, 0.25) is 0 Å². The molecule has 0 aliphatic carbocycles. The van der Waals surface area contributed by atoms with Crippen molar-refractivity contribution in [3.8, 4) is 16.9 Å². The first-order chi connectivity index (χ1) is 11.4. The third kappa shape index (κ3) is 4.07. The third-order valence-electron chi connectivity index (χ3n) is 3.28. The molecule has 126 valence electrons. The van der Waals surface area contributed by atoms with Gasteiger partial charge in [-0.25, -0.2) is 4.79 Å². The SMILES string of the molecule is CCOC(=O)C(C)Oc1cc(-c2cccc(C)c2)cnc1[N+](=O)[O-]. The van der Waals surface area contributed by atoms with E-state index in [1.807, 2.05) is 31.2 Å². The zero-order valence-electron chi connectivity index (χ0n) is 13.7. The van der Waals surface area contributed by atoms with Gasteiger partial charge in [0.2, 0.25) is 5.75 Å².